The third-order valence-corrected chi connectivity index (χ3v) is 4.10. The fourth-order valence-corrected chi connectivity index (χ4v) is 2.88. The second-order valence-corrected chi connectivity index (χ2v) is 5.88. The van der Waals surface area contributed by atoms with E-state index in [2.05, 4.69) is 47.6 Å². The third-order valence-electron chi connectivity index (χ3n) is 4.10. The first-order valence-electron chi connectivity index (χ1n) is 7.60. The van der Waals surface area contributed by atoms with Crippen molar-refractivity contribution in [3.05, 3.63) is 66.0 Å². The summed E-state index contributed by atoms with van der Waals surface area (Å²) in [5, 5.41) is 3.65. The first-order chi connectivity index (χ1) is 10.3. The summed E-state index contributed by atoms with van der Waals surface area (Å²) in [4.78, 5) is 4.52. The van der Waals surface area contributed by atoms with Crippen LogP contribution in [-0.4, -0.2) is 23.7 Å². The molecule has 1 aromatic carbocycles. The van der Waals surface area contributed by atoms with Gasteiger partial charge in [-0.15, -0.1) is 0 Å². The lowest BCUT2D eigenvalue weighted by molar-refractivity contribution is 0.0195. The Bertz CT molecular complexity index is 510. The number of rotatable bonds is 5. The van der Waals surface area contributed by atoms with Gasteiger partial charge in [0, 0.05) is 19.3 Å². The van der Waals surface area contributed by atoms with E-state index in [4.69, 9.17) is 4.74 Å². The smallest absolute Gasteiger partial charge is 0.0779 e. The molecule has 2 aromatic rings. The van der Waals surface area contributed by atoms with Crippen LogP contribution in [0.15, 0.2) is 54.7 Å². The number of nitrogens with zero attached hydrogens (tertiary/aromatic N) is 1. The Hall–Kier alpha value is -1.71. The number of pyridine rings is 1. The average molecular weight is 282 g/mol. The number of nitrogens with one attached hydrogen (secondary N) is 1. The molecule has 2 heterocycles. The summed E-state index contributed by atoms with van der Waals surface area (Å²) in [6, 6.07) is 16.6. The van der Waals surface area contributed by atoms with Crippen molar-refractivity contribution in [2.75, 3.05) is 13.2 Å². The van der Waals surface area contributed by atoms with Crippen LogP contribution in [0, 0.1) is 0 Å². The fraction of sp³-hybridized carbons (Fsp3) is 0.389. The number of aromatic nitrogens is 1. The van der Waals surface area contributed by atoms with E-state index in [-0.39, 0.29) is 11.6 Å². The van der Waals surface area contributed by atoms with Crippen molar-refractivity contribution in [3.8, 4) is 0 Å². The second kappa shape index (κ2) is 6.37. The van der Waals surface area contributed by atoms with Crippen molar-refractivity contribution in [2.45, 2.75) is 31.4 Å². The Morgan fingerprint density at radius 1 is 1.19 bits per heavy atom. The number of hydrogen-bond donors (Lipinski definition) is 1. The molecule has 110 valence electrons. The van der Waals surface area contributed by atoms with Crippen LogP contribution in [0.3, 0.4) is 0 Å². The fourth-order valence-electron chi connectivity index (χ4n) is 2.88. The van der Waals surface area contributed by atoms with E-state index in [0.717, 1.165) is 31.7 Å². The number of benzene rings is 1. The molecule has 0 amide bonds. The maximum atomic E-state index is 5.88. The maximum Gasteiger partial charge on any atom is 0.0779 e. The molecule has 1 aromatic heterocycles. The quantitative estimate of drug-likeness (QED) is 0.913. The van der Waals surface area contributed by atoms with Crippen LogP contribution in [0.2, 0.25) is 0 Å². The summed E-state index contributed by atoms with van der Waals surface area (Å²) in [6.45, 7) is 3.90. The molecule has 1 saturated heterocycles. The lowest BCUT2D eigenvalue weighted by Crippen LogP contribution is -2.39. The van der Waals surface area contributed by atoms with E-state index in [1.165, 1.54) is 5.56 Å². The molecule has 1 N–H and O–H groups in total. The summed E-state index contributed by atoms with van der Waals surface area (Å²) >= 11 is 0. The molecule has 2 atom stereocenters. The minimum Gasteiger partial charge on any atom is -0.374 e. The zero-order valence-corrected chi connectivity index (χ0v) is 12.5. The summed E-state index contributed by atoms with van der Waals surface area (Å²) in [5.74, 6) is 0. The SMILES string of the molecule is CC1(CNC(c2ccccc2)c2ccccn2)CCCO1. The molecule has 0 spiro atoms. The first kappa shape index (κ1) is 14.2. The molecule has 1 aliphatic rings. The molecule has 0 radical (unpaired) electrons. The zero-order valence-electron chi connectivity index (χ0n) is 12.5. The Labute approximate surface area is 126 Å². The normalized spacial score (nSPS) is 23.1. The largest absolute Gasteiger partial charge is 0.374 e. The molecule has 0 bridgehead atoms. The van der Waals surface area contributed by atoms with E-state index in [0.29, 0.717) is 0 Å². The van der Waals surface area contributed by atoms with E-state index in [1.54, 1.807) is 0 Å². The topological polar surface area (TPSA) is 34.2 Å². The molecule has 0 saturated carbocycles. The van der Waals surface area contributed by atoms with Crippen LogP contribution in [0.25, 0.3) is 0 Å². The number of ether oxygens (including phenoxy) is 1. The van der Waals surface area contributed by atoms with Gasteiger partial charge in [0.1, 0.15) is 0 Å². The minimum atomic E-state index is -0.0538. The van der Waals surface area contributed by atoms with Gasteiger partial charge in [0.05, 0.1) is 17.3 Å². The van der Waals surface area contributed by atoms with Crippen molar-refractivity contribution in [3.63, 3.8) is 0 Å². The van der Waals surface area contributed by atoms with E-state index in [9.17, 15) is 0 Å². The van der Waals surface area contributed by atoms with Crippen LogP contribution in [-0.2, 0) is 4.74 Å². The van der Waals surface area contributed by atoms with Crippen LogP contribution < -0.4 is 5.32 Å². The lowest BCUT2D eigenvalue weighted by Gasteiger charge is -2.27. The molecule has 0 aliphatic carbocycles. The molecule has 21 heavy (non-hydrogen) atoms. The van der Waals surface area contributed by atoms with Gasteiger partial charge in [0.25, 0.3) is 0 Å². The standard InChI is InChI=1S/C18H22N2O/c1-18(11-7-13-21-18)14-20-17(15-8-3-2-4-9-15)16-10-5-6-12-19-16/h2-6,8-10,12,17,20H,7,11,13-14H2,1H3. The molecule has 3 heteroatoms. The highest BCUT2D eigenvalue weighted by Crippen LogP contribution is 2.26. The highest BCUT2D eigenvalue weighted by atomic mass is 16.5. The highest BCUT2D eigenvalue weighted by molar-refractivity contribution is 5.27. The molecular weight excluding hydrogens is 260 g/mol. The van der Waals surface area contributed by atoms with Gasteiger partial charge in [0.15, 0.2) is 0 Å². The molecule has 1 aliphatic heterocycles. The van der Waals surface area contributed by atoms with Gasteiger partial charge in [-0.1, -0.05) is 36.4 Å². The zero-order chi connectivity index (χ0) is 14.5. The van der Waals surface area contributed by atoms with Gasteiger partial charge in [-0.25, -0.2) is 0 Å². The summed E-state index contributed by atoms with van der Waals surface area (Å²) in [5.41, 5.74) is 2.23. The van der Waals surface area contributed by atoms with Gasteiger partial charge in [-0.05, 0) is 37.5 Å². The Morgan fingerprint density at radius 2 is 2.00 bits per heavy atom. The van der Waals surface area contributed by atoms with Crippen molar-refractivity contribution in [1.29, 1.82) is 0 Å². The van der Waals surface area contributed by atoms with Crippen LogP contribution in [0.5, 0.6) is 0 Å². The summed E-state index contributed by atoms with van der Waals surface area (Å²) < 4.78 is 5.88. The van der Waals surface area contributed by atoms with Gasteiger partial charge < -0.3 is 10.1 Å². The molecule has 2 unspecified atom stereocenters. The van der Waals surface area contributed by atoms with E-state index >= 15 is 0 Å². The third kappa shape index (κ3) is 3.49. The first-order valence-corrected chi connectivity index (χ1v) is 7.60. The average Bonchev–Trinajstić information content (AvgIpc) is 2.97. The molecule has 1 fully saturated rings. The maximum absolute atomic E-state index is 5.88. The van der Waals surface area contributed by atoms with Crippen molar-refractivity contribution in [2.24, 2.45) is 0 Å². The van der Waals surface area contributed by atoms with Crippen LogP contribution in [0.4, 0.5) is 0 Å². The van der Waals surface area contributed by atoms with Gasteiger partial charge in [0.2, 0.25) is 0 Å². The van der Waals surface area contributed by atoms with Crippen LogP contribution in [0.1, 0.15) is 37.1 Å². The Kier molecular flexibility index (Phi) is 4.32. The molecule has 3 nitrogen and oxygen atoms in total. The monoisotopic (exact) mass is 282 g/mol. The minimum absolute atomic E-state index is 0.0538. The van der Waals surface area contributed by atoms with Crippen LogP contribution >= 0.6 is 0 Å². The molecular formula is C18H22N2O. The van der Waals surface area contributed by atoms with Crippen molar-refractivity contribution in [1.82, 2.24) is 10.3 Å². The Balaban J connectivity index is 1.80. The van der Waals surface area contributed by atoms with Gasteiger partial charge in [-0.3, -0.25) is 4.98 Å². The van der Waals surface area contributed by atoms with Crippen molar-refractivity contribution < 1.29 is 4.74 Å². The van der Waals surface area contributed by atoms with Crippen molar-refractivity contribution >= 4 is 0 Å². The number of hydrogen-bond acceptors (Lipinski definition) is 3. The van der Waals surface area contributed by atoms with Gasteiger partial charge in [-0.2, -0.15) is 0 Å². The highest BCUT2D eigenvalue weighted by Gasteiger charge is 2.30. The predicted molar refractivity (Wildman–Crippen MR) is 84.1 cm³/mol. The lowest BCUT2D eigenvalue weighted by atomic mass is 9.99. The molecule has 3 rings (SSSR count). The summed E-state index contributed by atoms with van der Waals surface area (Å²) in [7, 11) is 0. The summed E-state index contributed by atoms with van der Waals surface area (Å²) in [6.07, 6.45) is 4.11. The Morgan fingerprint density at radius 3 is 2.67 bits per heavy atom. The van der Waals surface area contributed by atoms with E-state index in [1.807, 2.05) is 24.4 Å². The van der Waals surface area contributed by atoms with Gasteiger partial charge >= 0.3 is 0 Å². The predicted octanol–water partition coefficient (Wildman–Crippen LogP) is 3.33. The van der Waals surface area contributed by atoms with E-state index < -0.39 is 0 Å². The second-order valence-electron chi connectivity index (χ2n) is 5.88.